The van der Waals surface area contributed by atoms with Gasteiger partial charge in [-0.1, -0.05) is 45.4 Å². The molecule has 0 bridgehead atoms. The molecule has 0 aliphatic heterocycles. The Balaban J connectivity index is 1.87. The molecule has 2 N–H and O–H groups in total. The molecule has 0 aromatic rings. The van der Waals surface area contributed by atoms with Gasteiger partial charge in [-0.25, -0.2) is 0 Å². The molecule has 2 unspecified atom stereocenters. The fourth-order valence-electron chi connectivity index (χ4n) is 4.45. The van der Waals surface area contributed by atoms with Crippen LogP contribution in [0.15, 0.2) is 0 Å². The second-order valence-corrected chi connectivity index (χ2v) is 8.06. The lowest BCUT2D eigenvalue weighted by Gasteiger charge is -2.46. The maximum Gasteiger partial charge on any atom is 0.0771 e. The Kier molecular flexibility index (Phi) is 6.10. The summed E-state index contributed by atoms with van der Waals surface area (Å²) in [5, 5.41) is 14.4. The van der Waals surface area contributed by atoms with Crippen LogP contribution in [-0.4, -0.2) is 48.3 Å². The third kappa shape index (κ3) is 4.67. The molecule has 0 spiro atoms. The zero-order chi connectivity index (χ0) is 15.3. The minimum Gasteiger partial charge on any atom is -0.389 e. The van der Waals surface area contributed by atoms with E-state index in [0.717, 1.165) is 31.8 Å². The lowest BCUT2D eigenvalue weighted by Crippen LogP contribution is -2.56. The van der Waals surface area contributed by atoms with Crippen LogP contribution in [0.1, 0.15) is 71.1 Å². The summed E-state index contributed by atoms with van der Waals surface area (Å²) < 4.78 is 0. The van der Waals surface area contributed by atoms with E-state index in [1.165, 1.54) is 51.4 Å². The molecule has 0 aromatic carbocycles. The van der Waals surface area contributed by atoms with Crippen molar-refractivity contribution in [3.63, 3.8) is 0 Å². The molecule has 0 radical (unpaired) electrons. The van der Waals surface area contributed by atoms with Gasteiger partial charge in [0.15, 0.2) is 0 Å². The molecule has 21 heavy (non-hydrogen) atoms. The lowest BCUT2D eigenvalue weighted by atomic mass is 9.75. The Morgan fingerprint density at radius 1 is 1.00 bits per heavy atom. The van der Waals surface area contributed by atoms with Crippen LogP contribution in [0.2, 0.25) is 0 Å². The molecule has 0 amide bonds. The van der Waals surface area contributed by atoms with E-state index in [9.17, 15) is 5.11 Å². The van der Waals surface area contributed by atoms with E-state index in [4.69, 9.17) is 0 Å². The van der Waals surface area contributed by atoms with E-state index in [-0.39, 0.29) is 0 Å². The zero-order valence-electron chi connectivity index (χ0n) is 14.5. The maximum absolute atomic E-state index is 10.8. The monoisotopic (exact) mass is 296 g/mol. The summed E-state index contributed by atoms with van der Waals surface area (Å²) in [6.07, 6.45) is 12.2. The van der Waals surface area contributed by atoms with E-state index in [2.05, 4.69) is 31.2 Å². The lowest BCUT2D eigenvalue weighted by molar-refractivity contribution is 0.0159. The van der Waals surface area contributed by atoms with Crippen molar-refractivity contribution in [1.29, 1.82) is 0 Å². The van der Waals surface area contributed by atoms with E-state index in [1.54, 1.807) is 0 Å². The third-order valence-electron chi connectivity index (χ3n) is 5.96. The van der Waals surface area contributed by atoms with Crippen molar-refractivity contribution in [3.8, 4) is 0 Å². The fourth-order valence-corrected chi connectivity index (χ4v) is 4.45. The Morgan fingerprint density at radius 2 is 1.67 bits per heavy atom. The van der Waals surface area contributed by atoms with Crippen LogP contribution in [-0.2, 0) is 0 Å². The van der Waals surface area contributed by atoms with Gasteiger partial charge < -0.3 is 15.3 Å². The topological polar surface area (TPSA) is 35.5 Å². The summed E-state index contributed by atoms with van der Waals surface area (Å²) >= 11 is 0. The summed E-state index contributed by atoms with van der Waals surface area (Å²) in [7, 11) is 4.44. The van der Waals surface area contributed by atoms with Crippen molar-refractivity contribution in [2.24, 2.45) is 5.92 Å². The SMILES string of the molecule is CC1CCCC(CNCC2(O)CCCCCC2)(N(C)C)C1. The minimum absolute atomic E-state index is 0.290. The molecule has 3 nitrogen and oxygen atoms in total. The Hall–Kier alpha value is -0.120. The molecule has 2 saturated carbocycles. The van der Waals surface area contributed by atoms with Gasteiger partial charge in [-0.05, 0) is 45.7 Å². The number of hydrogen-bond acceptors (Lipinski definition) is 3. The minimum atomic E-state index is -0.454. The zero-order valence-corrected chi connectivity index (χ0v) is 14.5. The van der Waals surface area contributed by atoms with Crippen molar-refractivity contribution >= 4 is 0 Å². The molecule has 2 aliphatic carbocycles. The van der Waals surface area contributed by atoms with Gasteiger partial charge in [0.1, 0.15) is 0 Å². The predicted molar refractivity (Wildman–Crippen MR) is 89.6 cm³/mol. The smallest absolute Gasteiger partial charge is 0.0771 e. The van der Waals surface area contributed by atoms with Gasteiger partial charge in [-0.15, -0.1) is 0 Å². The Bertz CT molecular complexity index is 310. The van der Waals surface area contributed by atoms with Gasteiger partial charge in [0, 0.05) is 18.6 Å². The number of nitrogens with one attached hydrogen (secondary N) is 1. The quantitative estimate of drug-likeness (QED) is 0.765. The molecular weight excluding hydrogens is 260 g/mol. The Morgan fingerprint density at radius 3 is 2.24 bits per heavy atom. The Labute approximate surface area is 131 Å². The van der Waals surface area contributed by atoms with Crippen LogP contribution >= 0.6 is 0 Å². The van der Waals surface area contributed by atoms with Crippen molar-refractivity contribution in [2.75, 3.05) is 27.2 Å². The third-order valence-corrected chi connectivity index (χ3v) is 5.96. The first kappa shape index (κ1) is 17.2. The molecule has 2 rings (SSSR count). The summed E-state index contributed by atoms with van der Waals surface area (Å²) in [5.41, 5.74) is -0.164. The first-order valence-electron chi connectivity index (χ1n) is 9.06. The molecule has 0 heterocycles. The number of hydrogen-bond donors (Lipinski definition) is 2. The van der Waals surface area contributed by atoms with Crippen molar-refractivity contribution < 1.29 is 5.11 Å². The van der Waals surface area contributed by atoms with Gasteiger partial charge in [0.25, 0.3) is 0 Å². The number of aliphatic hydroxyl groups is 1. The molecule has 0 aromatic heterocycles. The molecule has 0 saturated heterocycles. The van der Waals surface area contributed by atoms with E-state index < -0.39 is 5.60 Å². The van der Waals surface area contributed by atoms with Crippen LogP contribution in [0.25, 0.3) is 0 Å². The summed E-state index contributed by atoms with van der Waals surface area (Å²) in [4.78, 5) is 2.42. The van der Waals surface area contributed by atoms with Gasteiger partial charge in [0.05, 0.1) is 5.60 Å². The van der Waals surface area contributed by atoms with E-state index in [0.29, 0.717) is 5.54 Å². The van der Waals surface area contributed by atoms with Crippen molar-refractivity contribution in [3.05, 3.63) is 0 Å². The van der Waals surface area contributed by atoms with E-state index >= 15 is 0 Å². The van der Waals surface area contributed by atoms with Crippen LogP contribution in [0.3, 0.4) is 0 Å². The first-order chi connectivity index (χ1) is 9.96. The highest BCUT2D eigenvalue weighted by molar-refractivity contribution is 4.95. The number of nitrogens with zero attached hydrogens (tertiary/aromatic N) is 1. The molecule has 2 atom stereocenters. The number of rotatable bonds is 5. The standard InChI is InChI=1S/C18H36N2O/c1-16-9-8-10-17(13-16,20(2)3)14-19-15-18(21)11-6-4-5-7-12-18/h16,19,21H,4-15H2,1-3H3. The summed E-state index contributed by atoms with van der Waals surface area (Å²) in [6.45, 7) is 4.18. The second kappa shape index (κ2) is 7.43. The first-order valence-corrected chi connectivity index (χ1v) is 9.06. The highest BCUT2D eigenvalue weighted by atomic mass is 16.3. The van der Waals surface area contributed by atoms with Crippen LogP contribution in [0.5, 0.6) is 0 Å². The van der Waals surface area contributed by atoms with Crippen molar-refractivity contribution in [2.45, 2.75) is 82.3 Å². The summed E-state index contributed by atoms with van der Waals surface area (Å²) in [5.74, 6) is 0.823. The molecule has 2 aliphatic rings. The molecule has 124 valence electrons. The largest absolute Gasteiger partial charge is 0.389 e. The van der Waals surface area contributed by atoms with E-state index in [1.807, 2.05) is 0 Å². The predicted octanol–water partition coefficient (Wildman–Crippen LogP) is 3.17. The van der Waals surface area contributed by atoms with Crippen LogP contribution in [0.4, 0.5) is 0 Å². The molecular formula is C18H36N2O. The molecule has 3 heteroatoms. The van der Waals surface area contributed by atoms with Gasteiger partial charge in [-0.2, -0.15) is 0 Å². The average molecular weight is 296 g/mol. The van der Waals surface area contributed by atoms with Crippen LogP contribution < -0.4 is 5.32 Å². The maximum atomic E-state index is 10.8. The second-order valence-electron chi connectivity index (χ2n) is 8.06. The van der Waals surface area contributed by atoms with Crippen molar-refractivity contribution in [1.82, 2.24) is 10.2 Å². The highest BCUT2D eigenvalue weighted by Crippen LogP contribution is 2.35. The fraction of sp³-hybridized carbons (Fsp3) is 1.00. The van der Waals surface area contributed by atoms with Gasteiger partial charge in [-0.3, -0.25) is 0 Å². The summed E-state index contributed by atoms with van der Waals surface area (Å²) in [6, 6.07) is 0. The average Bonchev–Trinajstić information content (AvgIpc) is 2.64. The normalized spacial score (nSPS) is 33.9. The highest BCUT2D eigenvalue weighted by Gasteiger charge is 2.37. The van der Waals surface area contributed by atoms with Crippen LogP contribution in [0, 0.1) is 5.92 Å². The van der Waals surface area contributed by atoms with Gasteiger partial charge >= 0.3 is 0 Å². The van der Waals surface area contributed by atoms with Gasteiger partial charge in [0.2, 0.25) is 0 Å². The number of likely N-dealkylation sites (N-methyl/N-ethyl adjacent to an activating group) is 1. The molecule has 2 fully saturated rings.